The molecule has 9 rings (SSSR count). The molecule has 7 aromatic carbocycles. The van der Waals surface area contributed by atoms with E-state index in [-0.39, 0.29) is 5.56 Å². The van der Waals surface area contributed by atoms with E-state index in [2.05, 4.69) is 16.7 Å². The summed E-state index contributed by atoms with van der Waals surface area (Å²) in [7, 11) is 0. The van der Waals surface area contributed by atoms with E-state index >= 15 is 0 Å². The number of hydrogen-bond donors (Lipinski definition) is 0. The lowest BCUT2D eigenvalue weighted by atomic mass is 9.96. The maximum atomic E-state index is 14.5. The van der Waals surface area contributed by atoms with Gasteiger partial charge in [-0.25, -0.2) is 15.0 Å². The zero-order chi connectivity index (χ0) is 37.5. The van der Waals surface area contributed by atoms with Crippen LogP contribution in [0.4, 0.5) is 13.2 Å². The standard InChI is InChI=1S/C47H28F3N5/c48-47(49,50)40-17-9-7-15-36(40)35-23-25-38(46-53-44(32-11-3-1-4-12-32)52-45(54-46)33-13-5-2-6-14-33)43(28-35)55-41-18-10-8-16-37(41)39-27-34(24-26-42(39)55)31-21-19-30(29-51)20-22-31/h1-28H. The Bertz CT molecular complexity index is 2850. The number of nitrogens with zero attached hydrogens (tertiary/aromatic N) is 5. The summed E-state index contributed by atoms with van der Waals surface area (Å²) in [5.41, 5.74) is 6.76. The number of para-hydroxylation sites is 1. The van der Waals surface area contributed by atoms with Crippen LogP contribution in [0.1, 0.15) is 11.1 Å². The molecule has 0 atom stereocenters. The van der Waals surface area contributed by atoms with E-state index in [0.717, 1.165) is 50.1 Å². The summed E-state index contributed by atoms with van der Waals surface area (Å²) in [5.74, 6) is 1.31. The first kappa shape index (κ1) is 33.5. The largest absolute Gasteiger partial charge is 0.417 e. The predicted molar refractivity (Wildman–Crippen MR) is 211 cm³/mol. The highest BCUT2D eigenvalue weighted by Gasteiger charge is 2.33. The van der Waals surface area contributed by atoms with Crippen LogP contribution in [0.2, 0.25) is 0 Å². The lowest BCUT2D eigenvalue weighted by molar-refractivity contribution is -0.137. The summed E-state index contributed by atoms with van der Waals surface area (Å²) in [6.07, 6.45) is -4.56. The normalized spacial score (nSPS) is 11.5. The molecule has 0 aliphatic rings. The van der Waals surface area contributed by atoms with Crippen LogP contribution >= 0.6 is 0 Å². The summed E-state index contributed by atoms with van der Waals surface area (Å²) >= 11 is 0. The van der Waals surface area contributed by atoms with Crippen molar-refractivity contribution in [1.82, 2.24) is 19.5 Å². The summed E-state index contributed by atoms with van der Waals surface area (Å²) in [6.45, 7) is 0. The molecular weight excluding hydrogens is 692 g/mol. The fourth-order valence-electron chi connectivity index (χ4n) is 7.13. The molecule has 2 aromatic heterocycles. The van der Waals surface area contributed by atoms with Crippen molar-refractivity contribution < 1.29 is 13.2 Å². The fourth-order valence-corrected chi connectivity index (χ4v) is 7.13. The molecular formula is C47H28F3N5. The third kappa shape index (κ3) is 6.18. The molecule has 0 saturated carbocycles. The molecule has 0 spiro atoms. The van der Waals surface area contributed by atoms with Gasteiger partial charge in [0.2, 0.25) is 0 Å². The minimum atomic E-state index is -4.56. The summed E-state index contributed by atoms with van der Waals surface area (Å²) in [4.78, 5) is 14.9. The molecule has 0 fully saturated rings. The van der Waals surface area contributed by atoms with Crippen molar-refractivity contribution in [3.63, 3.8) is 0 Å². The topological polar surface area (TPSA) is 67.4 Å². The Kier molecular flexibility index (Phi) is 8.25. The number of benzene rings is 7. The number of fused-ring (bicyclic) bond motifs is 3. The van der Waals surface area contributed by atoms with Gasteiger partial charge in [-0.1, -0.05) is 121 Å². The van der Waals surface area contributed by atoms with E-state index < -0.39 is 11.7 Å². The Balaban J connectivity index is 1.34. The molecule has 0 amide bonds. The van der Waals surface area contributed by atoms with Crippen LogP contribution in [0, 0.1) is 11.3 Å². The molecule has 0 bridgehead atoms. The lowest BCUT2D eigenvalue weighted by Gasteiger charge is -2.18. The quantitative estimate of drug-likeness (QED) is 0.172. The second kappa shape index (κ2) is 13.6. The van der Waals surface area contributed by atoms with Gasteiger partial charge in [-0.2, -0.15) is 18.4 Å². The van der Waals surface area contributed by atoms with Crippen LogP contribution in [0.15, 0.2) is 170 Å². The molecule has 9 aromatic rings. The molecule has 55 heavy (non-hydrogen) atoms. The van der Waals surface area contributed by atoms with Gasteiger partial charge < -0.3 is 4.57 Å². The van der Waals surface area contributed by atoms with Crippen LogP contribution < -0.4 is 0 Å². The second-order valence-corrected chi connectivity index (χ2v) is 13.1. The summed E-state index contributed by atoms with van der Waals surface area (Å²) in [6, 6.07) is 54.0. The first-order valence-electron chi connectivity index (χ1n) is 17.6. The van der Waals surface area contributed by atoms with Gasteiger partial charge >= 0.3 is 6.18 Å². The van der Waals surface area contributed by atoms with Crippen LogP contribution in [-0.2, 0) is 6.18 Å². The van der Waals surface area contributed by atoms with Gasteiger partial charge in [0, 0.05) is 27.5 Å². The zero-order valence-corrected chi connectivity index (χ0v) is 29.0. The van der Waals surface area contributed by atoms with Crippen LogP contribution in [0.3, 0.4) is 0 Å². The Hall–Kier alpha value is -7.37. The van der Waals surface area contributed by atoms with Gasteiger partial charge in [0.05, 0.1) is 33.9 Å². The van der Waals surface area contributed by atoms with Gasteiger partial charge in [-0.15, -0.1) is 0 Å². The lowest BCUT2D eigenvalue weighted by Crippen LogP contribution is -2.07. The fraction of sp³-hybridized carbons (Fsp3) is 0.0213. The molecule has 8 heteroatoms. The zero-order valence-electron chi connectivity index (χ0n) is 29.0. The number of alkyl halides is 3. The second-order valence-electron chi connectivity index (χ2n) is 13.1. The van der Waals surface area contributed by atoms with E-state index in [9.17, 15) is 18.4 Å². The molecule has 0 saturated heterocycles. The van der Waals surface area contributed by atoms with Crippen molar-refractivity contribution in [2.24, 2.45) is 0 Å². The van der Waals surface area contributed by atoms with Crippen molar-refractivity contribution in [3.05, 3.63) is 181 Å². The van der Waals surface area contributed by atoms with E-state index in [1.807, 2.05) is 115 Å². The van der Waals surface area contributed by atoms with Crippen LogP contribution in [0.5, 0.6) is 0 Å². The van der Waals surface area contributed by atoms with Crippen molar-refractivity contribution in [3.8, 4) is 68.2 Å². The maximum Gasteiger partial charge on any atom is 0.417 e. The van der Waals surface area contributed by atoms with E-state index in [0.29, 0.717) is 39.9 Å². The number of nitriles is 1. The van der Waals surface area contributed by atoms with Crippen molar-refractivity contribution in [1.29, 1.82) is 5.26 Å². The number of rotatable bonds is 6. The van der Waals surface area contributed by atoms with Crippen molar-refractivity contribution in [2.45, 2.75) is 6.18 Å². The van der Waals surface area contributed by atoms with Crippen molar-refractivity contribution in [2.75, 3.05) is 0 Å². The van der Waals surface area contributed by atoms with Crippen molar-refractivity contribution >= 4 is 21.8 Å². The Morgan fingerprint density at radius 3 is 1.69 bits per heavy atom. The smallest absolute Gasteiger partial charge is 0.308 e. The highest BCUT2D eigenvalue weighted by molar-refractivity contribution is 6.11. The summed E-state index contributed by atoms with van der Waals surface area (Å²) < 4.78 is 45.4. The monoisotopic (exact) mass is 719 g/mol. The molecule has 5 nitrogen and oxygen atoms in total. The van der Waals surface area contributed by atoms with Crippen LogP contribution in [-0.4, -0.2) is 19.5 Å². The maximum absolute atomic E-state index is 14.5. The van der Waals surface area contributed by atoms with Gasteiger partial charge in [0.25, 0.3) is 0 Å². The summed E-state index contributed by atoms with van der Waals surface area (Å²) in [5, 5.41) is 11.3. The first-order valence-corrected chi connectivity index (χ1v) is 17.6. The minimum Gasteiger partial charge on any atom is -0.308 e. The Morgan fingerprint density at radius 1 is 0.455 bits per heavy atom. The highest BCUT2D eigenvalue weighted by atomic mass is 19.4. The average Bonchev–Trinajstić information content (AvgIpc) is 3.57. The number of halogens is 3. The number of aromatic nitrogens is 4. The molecule has 0 aliphatic heterocycles. The van der Waals surface area contributed by atoms with Crippen LogP contribution in [0.25, 0.3) is 83.9 Å². The Morgan fingerprint density at radius 2 is 1.02 bits per heavy atom. The molecule has 2 heterocycles. The SMILES string of the molecule is N#Cc1ccc(-c2ccc3c(c2)c2ccccc2n3-c2cc(-c3ccccc3C(F)(F)F)ccc2-c2nc(-c3ccccc3)nc(-c3ccccc3)n2)cc1. The van der Waals surface area contributed by atoms with E-state index in [4.69, 9.17) is 15.0 Å². The molecule has 0 radical (unpaired) electrons. The Labute approximate surface area is 314 Å². The van der Waals surface area contributed by atoms with Gasteiger partial charge in [-0.05, 0) is 70.8 Å². The first-order chi connectivity index (χ1) is 26.9. The minimum absolute atomic E-state index is 0.0669. The average molecular weight is 720 g/mol. The van der Waals surface area contributed by atoms with E-state index in [1.165, 1.54) is 12.1 Å². The van der Waals surface area contributed by atoms with Gasteiger partial charge in [-0.3, -0.25) is 0 Å². The predicted octanol–water partition coefficient (Wildman–Crippen LogP) is 12.2. The molecule has 0 N–H and O–H groups in total. The number of hydrogen-bond acceptors (Lipinski definition) is 4. The molecule has 262 valence electrons. The third-order valence-corrected chi connectivity index (χ3v) is 9.74. The molecule has 0 unspecified atom stereocenters. The highest BCUT2D eigenvalue weighted by Crippen LogP contribution is 2.42. The molecule has 0 aliphatic carbocycles. The van der Waals surface area contributed by atoms with E-state index in [1.54, 1.807) is 30.3 Å². The van der Waals surface area contributed by atoms with Gasteiger partial charge in [0.1, 0.15) is 0 Å². The van der Waals surface area contributed by atoms with Gasteiger partial charge in [0.15, 0.2) is 17.5 Å². The third-order valence-electron chi connectivity index (χ3n) is 9.74.